The molecule has 0 aromatic heterocycles. The fraction of sp³-hybridized carbons (Fsp3) is 0. The van der Waals surface area contributed by atoms with Crippen LogP contribution >= 0.6 is 11.6 Å². The first-order valence-electron chi connectivity index (χ1n) is 5.62. The summed E-state index contributed by atoms with van der Waals surface area (Å²) in [6.45, 7) is 0. The molecular weight excluding hydrogens is 342 g/mol. The molecule has 2 aromatic rings. The van der Waals surface area contributed by atoms with Crippen LogP contribution in [0.1, 0.15) is 0 Å². The van der Waals surface area contributed by atoms with Crippen LogP contribution in [-0.4, -0.2) is 13.3 Å². The van der Waals surface area contributed by atoms with Gasteiger partial charge in [0.15, 0.2) is 4.90 Å². The summed E-state index contributed by atoms with van der Waals surface area (Å²) in [5.74, 6) is -1.63. The Balaban J connectivity index is 2.49. The molecule has 10 heteroatoms. The summed E-state index contributed by atoms with van der Waals surface area (Å²) in [4.78, 5) is 9.10. The highest BCUT2D eigenvalue weighted by Crippen LogP contribution is 2.29. The molecule has 2 aromatic carbocycles. The monoisotopic (exact) mass is 348 g/mol. The lowest BCUT2D eigenvalue weighted by Gasteiger charge is -2.10. The summed E-state index contributed by atoms with van der Waals surface area (Å²) < 4.78 is 52.3. The van der Waals surface area contributed by atoms with Crippen molar-refractivity contribution in [3.05, 3.63) is 63.2 Å². The largest absolute Gasteiger partial charge is 0.292 e. The minimum atomic E-state index is -4.41. The second-order valence-electron chi connectivity index (χ2n) is 4.10. The van der Waals surface area contributed by atoms with Crippen molar-refractivity contribution in [1.82, 2.24) is 0 Å². The lowest BCUT2D eigenvalue weighted by atomic mass is 10.3. The third-order valence-electron chi connectivity index (χ3n) is 2.58. The Hall–Kier alpha value is -2.26. The summed E-state index contributed by atoms with van der Waals surface area (Å²) in [5, 5.41) is 10.6. The Morgan fingerprint density at radius 2 is 1.68 bits per heavy atom. The van der Waals surface area contributed by atoms with Crippen molar-refractivity contribution in [3.63, 3.8) is 0 Å². The van der Waals surface area contributed by atoms with Gasteiger partial charge < -0.3 is 0 Å². The molecule has 2 rings (SSSR count). The lowest BCUT2D eigenvalue weighted by molar-refractivity contribution is -0.388. The number of rotatable bonds is 4. The van der Waals surface area contributed by atoms with Gasteiger partial charge in [0.2, 0.25) is 0 Å². The molecule has 116 valence electrons. The van der Waals surface area contributed by atoms with E-state index in [-0.39, 0.29) is 10.7 Å². The zero-order valence-corrected chi connectivity index (χ0v) is 12.2. The van der Waals surface area contributed by atoms with Gasteiger partial charge in [-0.05, 0) is 30.3 Å². The Labute approximate surface area is 128 Å². The van der Waals surface area contributed by atoms with E-state index in [9.17, 15) is 27.3 Å². The molecule has 0 bridgehead atoms. The first-order valence-corrected chi connectivity index (χ1v) is 7.48. The van der Waals surface area contributed by atoms with E-state index in [1.807, 2.05) is 4.72 Å². The van der Waals surface area contributed by atoms with Crippen LogP contribution < -0.4 is 4.72 Å². The predicted molar refractivity (Wildman–Crippen MR) is 75.3 cm³/mol. The van der Waals surface area contributed by atoms with Crippen LogP contribution in [0.15, 0.2) is 41.3 Å². The van der Waals surface area contributed by atoms with Crippen LogP contribution in [0.2, 0.25) is 5.02 Å². The van der Waals surface area contributed by atoms with Gasteiger partial charge in [-0.2, -0.15) is 0 Å². The average Bonchev–Trinajstić information content (AvgIpc) is 2.41. The van der Waals surface area contributed by atoms with Crippen LogP contribution in [0.5, 0.6) is 0 Å². The summed E-state index contributed by atoms with van der Waals surface area (Å²) >= 11 is 5.69. The van der Waals surface area contributed by atoms with Gasteiger partial charge in [-0.25, -0.2) is 17.2 Å². The molecule has 0 amide bonds. The molecule has 0 saturated heterocycles. The number of nitrogens with one attached hydrogen (secondary N) is 1. The number of hydrogen-bond acceptors (Lipinski definition) is 4. The molecule has 0 fully saturated rings. The van der Waals surface area contributed by atoms with Gasteiger partial charge in [0, 0.05) is 0 Å². The predicted octanol–water partition coefficient (Wildman–Crippen LogP) is 3.33. The third-order valence-corrected chi connectivity index (χ3v) is 4.31. The van der Waals surface area contributed by atoms with E-state index in [1.54, 1.807) is 0 Å². The number of anilines is 1. The van der Waals surface area contributed by atoms with Crippen molar-refractivity contribution in [2.75, 3.05) is 4.72 Å². The maximum Gasteiger partial charge on any atom is 0.292 e. The Bertz CT molecular complexity index is 858. The van der Waals surface area contributed by atoms with Gasteiger partial charge >= 0.3 is 0 Å². The maximum atomic E-state index is 13.0. The molecule has 0 atom stereocenters. The van der Waals surface area contributed by atoms with Gasteiger partial charge in [-0.1, -0.05) is 11.6 Å². The van der Waals surface area contributed by atoms with E-state index in [1.165, 1.54) is 0 Å². The molecule has 0 aliphatic rings. The smallest absolute Gasteiger partial charge is 0.278 e. The quantitative estimate of drug-likeness (QED) is 0.678. The minimum absolute atomic E-state index is 0.165. The molecule has 6 nitrogen and oxygen atoms in total. The van der Waals surface area contributed by atoms with Gasteiger partial charge in [-0.3, -0.25) is 14.8 Å². The second-order valence-corrected chi connectivity index (χ2v) is 6.16. The number of hydrogen-bond donors (Lipinski definition) is 1. The Kier molecular flexibility index (Phi) is 4.29. The fourth-order valence-electron chi connectivity index (χ4n) is 1.63. The van der Waals surface area contributed by atoms with Gasteiger partial charge in [0.05, 0.1) is 21.7 Å². The highest BCUT2D eigenvalue weighted by molar-refractivity contribution is 7.92. The number of nitro benzene ring substituents is 1. The minimum Gasteiger partial charge on any atom is -0.278 e. The number of nitro groups is 1. The number of sulfonamides is 1. The number of benzene rings is 2. The number of halogens is 3. The summed E-state index contributed by atoms with van der Waals surface area (Å²) in [5.41, 5.74) is -1.09. The van der Waals surface area contributed by atoms with Crippen LogP contribution in [0.25, 0.3) is 0 Å². The SMILES string of the molecule is O=[N+]([O-])c1cc(F)ccc1S(=O)(=O)Nc1ccc(F)cc1Cl. The number of nitrogens with zero attached hydrogens (tertiary/aromatic N) is 1. The van der Waals surface area contributed by atoms with Gasteiger partial charge in [0.1, 0.15) is 11.6 Å². The molecule has 0 unspecified atom stereocenters. The van der Waals surface area contributed by atoms with E-state index >= 15 is 0 Å². The highest BCUT2D eigenvalue weighted by atomic mass is 35.5. The standard InChI is InChI=1S/C12H7ClF2N2O4S/c13-9-5-7(14)1-3-10(9)16-22(20,21)12-4-2-8(15)6-11(12)17(18)19/h1-6,16H. The van der Waals surface area contributed by atoms with E-state index in [2.05, 4.69) is 0 Å². The molecule has 0 radical (unpaired) electrons. The van der Waals surface area contributed by atoms with Crippen LogP contribution in [-0.2, 0) is 10.0 Å². The lowest BCUT2D eigenvalue weighted by Crippen LogP contribution is -2.15. The summed E-state index contributed by atoms with van der Waals surface area (Å²) in [6, 6.07) is 4.91. The van der Waals surface area contributed by atoms with Crippen molar-refractivity contribution in [2.45, 2.75) is 4.90 Å². The third kappa shape index (κ3) is 3.31. The fourth-order valence-corrected chi connectivity index (χ4v) is 3.14. The normalized spacial score (nSPS) is 11.2. The summed E-state index contributed by atoms with van der Waals surface area (Å²) in [6.07, 6.45) is 0. The topological polar surface area (TPSA) is 89.3 Å². The van der Waals surface area contributed by atoms with E-state index in [0.717, 1.165) is 30.3 Å². The Morgan fingerprint density at radius 1 is 1.09 bits per heavy atom. The second kappa shape index (κ2) is 5.85. The van der Waals surface area contributed by atoms with E-state index < -0.39 is 37.2 Å². The van der Waals surface area contributed by atoms with Crippen LogP contribution in [0.4, 0.5) is 20.2 Å². The van der Waals surface area contributed by atoms with Crippen molar-refractivity contribution in [2.24, 2.45) is 0 Å². The van der Waals surface area contributed by atoms with Crippen molar-refractivity contribution < 1.29 is 22.1 Å². The van der Waals surface area contributed by atoms with Gasteiger partial charge in [0.25, 0.3) is 15.7 Å². The molecule has 0 aliphatic heterocycles. The van der Waals surface area contributed by atoms with E-state index in [4.69, 9.17) is 11.6 Å². The van der Waals surface area contributed by atoms with Crippen molar-refractivity contribution >= 4 is 33.0 Å². The molecule has 1 N–H and O–H groups in total. The molecule has 0 saturated carbocycles. The average molecular weight is 349 g/mol. The first-order chi connectivity index (χ1) is 10.2. The van der Waals surface area contributed by atoms with Crippen molar-refractivity contribution in [3.8, 4) is 0 Å². The van der Waals surface area contributed by atoms with Crippen molar-refractivity contribution in [1.29, 1.82) is 0 Å². The molecule has 22 heavy (non-hydrogen) atoms. The molecular formula is C12H7ClF2N2O4S. The zero-order chi connectivity index (χ0) is 16.5. The van der Waals surface area contributed by atoms with Crippen LogP contribution in [0, 0.1) is 21.7 Å². The van der Waals surface area contributed by atoms with Gasteiger partial charge in [-0.15, -0.1) is 0 Å². The zero-order valence-electron chi connectivity index (χ0n) is 10.6. The summed E-state index contributed by atoms with van der Waals surface area (Å²) in [7, 11) is -4.41. The van der Waals surface area contributed by atoms with Crippen LogP contribution in [0.3, 0.4) is 0 Å². The molecule has 0 heterocycles. The molecule has 0 aliphatic carbocycles. The Morgan fingerprint density at radius 3 is 2.27 bits per heavy atom. The van der Waals surface area contributed by atoms with E-state index in [0.29, 0.717) is 6.07 Å². The maximum absolute atomic E-state index is 13.0. The first kappa shape index (κ1) is 16.1. The molecule has 0 spiro atoms. The highest BCUT2D eigenvalue weighted by Gasteiger charge is 2.27.